The van der Waals surface area contributed by atoms with Crippen LogP contribution in [-0.4, -0.2) is 6.54 Å². The number of nitrogens with two attached hydrogens (primary N) is 1. The average Bonchev–Trinajstić information content (AvgIpc) is 2.37. The van der Waals surface area contributed by atoms with Crippen LogP contribution in [0.25, 0.3) is 0 Å². The first-order chi connectivity index (χ1) is 8.86. The largest absolute Gasteiger partial charge is 0.330 e. The molecule has 1 aliphatic carbocycles. The van der Waals surface area contributed by atoms with Crippen molar-refractivity contribution in [3.63, 3.8) is 0 Å². The van der Waals surface area contributed by atoms with E-state index in [1.165, 1.54) is 18.9 Å². The van der Waals surface area contributed by atoms with Crippen molar-refractivity contribution in [2.75, 3.05) is 6.54 Å². The van der Waals surface area contributed by atoms with E-state index in [1.54, 1.807) is 12.1 Å². The van der Waals surface area contributed by atoms with Crippen LogP contribution in [0, 0.1) is 16.6 Å². The highest BCUT2D eigenvalue weighted by Crippen LogP contribution is 2.46. The molecule has 1 aromatic carbocycles. The smallest absolute Gasteiger partial charge is 0.123 e. The summed E-state index contributed by atoms with van der Waals surface area (Å²) >= 11 is 6.18. The molecule has 2 N–H and O–H groups in total. The molecular weight excluding hydrogens is 261 g/mol. The molecule has 3 heteroatoms. The molecule has 0 amide bonds. The second kappa shape index (κ2) is 5.41. The van der Waals surface area contributed by atoms with Crippen LogP contribution >= 0.6 is 11.6 Å². The van der Waals surface area contributed by atoms with Gasteiger partial charge in [0.2, 0.25) is 0 Å². The number of rotatable bonds is 3. The van der Waals surface area contributed by atoms with E-state index >= 15 is 0 Å². The lowest BCUT2D eigenvalue weighted by atomic mass is 9.63. The third-order valence-electron chi connectivity index (χ3n) is 4.67. The second-order valence-electron chi connectivity index (χ2n) is 6.78. The van der Waals surface area contributed by atoms with Crippen molar-refractivity contribution in [2.24, 2.45) is 16.6 Å². The normalized spacial score (nSPS) is 21.3. The van der Waals surface area contributed by atoms with Crippen LogP contribution in [0.5, 0.6) is 0 Å². The first-order valence-electron chi connectivity index (χ1n) is 7.00. The molecule has 0 radical (unpaired) electrons. The molecule has 19 heavy (non-hydrogen) atoms. The van der Waals surface area contributed by atoms with E-state index in [9.17, 15) is 4.39 Å². The Balaban J connectivity index is 2.17. The molecular formula is C16H23ClFN. The molecule has 1 fully saturated rings. The van der Waals surface area contributed by atoms with Crippen LogP contribution in [-0.2, 0) is 6.42 Å². The molecule has 1 nitrogen and oxygen atoms in total. The molecule has 1 aliphatic rings. The van der Waals surface area contributed by atoms with Crippen LogP contribution in [0.15, 0.2) is 18.2 Å². The molecule has 0 bridgehead atoms. The molecule has 0 spiro atoms. The summed E-state index contributed by atoms with van der Waals surface area (Å²) in [5, 5.41) is 0.652. The Morgan fingerprint density at radius 3 is 2.42 bits per heavy atom. The topological polar surface area (TPSA) is 26.0 Å². The Morgan fingerprint density at radius 2 is 1.84 bits per heavy atom. The van der Waals surface area contributed by atoms with Crippen molar-refractivity contribution in [3.8, 4) is 0 Å². The van der Waals surface area contributed by atoms with E-state index in [2.05, 4.69) is 13.8 Å². The molecule has 0 heterocycles. The summed E-state index contributed by atoms with van der Waals surface area (Å²) < 4.78 is 13.4. The third kappa shape index (κ3) is 3.49. The van der Waals surface area contributed by atoms with Crippen molar-refractivity contribution < 1.29 is 4.39 Å². The summed E-state index contributed by atoms with van der Waals surface area (Å²) in [6.07, 6.45) is 5.34. The van der Waals surface area contributed by atoms with E-state index in [0.717, 1.165) is 24.8 Å². The maximum absolute atomic E-state index is 13.4. The fourth-order valence-electron chi connectivity index (χ4n) is 2.99. The Kier molecular flexibility index (Phi) is 4.22. The predicted octanol–water partition coefficient (Wildman–Crippen LogP) is 4.57. The summed E-state index contributed by atoms with van der Waals surface area (Å²) in [7, 11) is 0. The molecule has 0 aliphatic heterocycles. The molecule has 2 rings (SSSR count). The first-order valence-corrected chi connectivity index (χ1v) is 7.38. The SMILES string of the molecule is CC1(C)CCC(CN)(Cc2cc(F)ccc2Cl)CC1. The average molecular weight is 284 g/mol. The lowest BCUT2D eigenvalue weighted by Gasteiger charge is -2.43. The van der Waals surface area contributed by atoms with E-state index in [0.29, 0.717) is 17.0 Å². The highest BCUT2D eigenvalue weighted by Gasteiger charge is 2.37. The van der Waals surface area contributed by atoms with Crippen molar-refractivity contribution >= 4 is 11.6 Å². The van der Waals surface area contributed by atoms with Gasteiger partial charge in [-0.1, -0.05) is 25.4 Å². The number of hydrogen-bond donors (Lipinski definition) is 1. The zero-order chi connectivity index (χ0) is 14.1. The lowest BCUT2D eigenvalue weighted by Crippen LogP contribution is -2.39. The summed E-state index contributed by atoms with van der Waals surface area (Å²) in [4.78, 5) is 0. The van der Waals surface area contributed by atoms with E-state index in [-0.39, 0.29) is 11.2 Å². The summed E-state index contributed by atoms with van der Waals surface area (Å²) in [6.45, 7) is 5.27. The summed E-state index contributed by atoms with van der Waals surface area (Å²) in [5.41, 5.74) is 7.42. The van der Waals surface area contributed by atoms with Crippen LogP contribution < -0.4 is 5.73 Å². The predicted molar refractivity (Wildman–Crippen MR) is 78.9 cm³/mol. The molecule has 0 atom stereocenters. The van der Waals surface area contributed by atoms with Gasteiger partial charge in [0.25, 0.3) is 0 Å². The molecule has 0 unspecified atom stereocenters. The Hall–Kier alpha value is -0.600. The van der Waals surface area contributed by atoms with Crippen molar-refractivity contribution in [1.29, 1.82) is 0 Å². The van der Waals surface area contributed by atoms with Crippen LogP contribution in [0.3, 0.4) is 0 Å². The van der Waals surface area contributed by atoms with Gasteiger partial charge in [0.1, 0.15) is 5.82 Å². The highest BCUT2D eigenvalue weighted by molar-refractivity contribution is 6.31. The van der Waals surface area contributed by atoms with Gasteiger partial charge >= 0.3 is 0 Å². The molecule has 1 saturated carbocycles. The number of hydrogen-bond acceptors (Lipinski definition) is 1. The van der Waals surface area contributed by atoms with Crippen molar-refractivity contribution in [2.45, 2.75) is 46.0 Å². The van der Waals surface area contributed by atoms with Gasteiger partial charge in [-0.3, -0.25) is 0 Å². The minimum absolute atomic E-state index is 0.0902. The van der Waals surface area contributed by atoms with Gasteiger partial charge < -0.3 is 5.73 Å². The van der Waals surface area contributed by atoms with Gasteiger partial charge in [-0.2, -0.15) is 0 Å². The fraction of sp³-hybridized carbons (Fsp3) is 0.625. The zero-order valence-electron chi connectivity index (χ0n) is 11.8. The van der Waals surface area contributed by atoms with Crippen LogP contribution in [0.1, 0.15) is 45.1 Å². The highest BCUT2D eigenvalue weighted by atomic mass is 35.5. The second-order valence-corrected chi connectivity index (χ2v) is 7.19. The van der Waals surface area contributed by atoms with Gasteiger partial charge in [-0.25, -0.2) is 4.39 Å². The van der Waals surface area contributed by atoms with Gasteiger partial charge in [-0.15, -0.1) is 0 Å². The van der Waals surface area contributed by atoms with Crippen molar-refractivity contribution in [3.05, 3.63) is 34.6 Å². The van der Waals surface area contributed by atoms with Crippen molar-refractivity contribution in [1.82, 2.24) is 0 Å². The Labute approximate surface area is 120 Å². The Bertz CT molecular complexity index is 446. The maximum atomic E-state index is 13.4. The summed E-state index contributed by atoms with van der Waals surface area (Å²) in [6, 6.07) is 4.60. The summed E-state index contributed by atoms with van der Waals surface area (Å²) in [5.74, 6) is -0.220. The lowest BCUT2D eigenvalue weighted by molar-refractivity contribution is 0.108. The van der Waals surface area contributed by atoms with E-state index in [4.69, 9.17) is 17.3 Å². The first kappa shape index (κ1) is 14.8. The fourth-order valence-corrected chi connectivity index (χ4v) is 3.18. The molecule has 1 aromatic rings. The minimum atomic E-state index is -0.220. The van der Waals surface area contributed by atoms with Crippen LogP contribution in [0.4, 0.5) is 4.39 Å². The molecule has 0 saturated heterocycles. The molecule has 0 aromatic heterocycles. The number of benzene rings is 1. The quantitative estimate of drug-likeness (QED) is 0.864. The van der Waals surface area contributed by atoms with E-state index in [1.807, 2.05) is 0 Å². The molecule has 106 valence electrons. The van der Waals surface area contributed by atoms with E-state index < -0.39 is 0 Å². The van der Waals surface area contributed by atoms with Gasteiger partial charge in [0, 0.05) is 5.02 Å². The van der Waals surface area contributed by atoms with Gasteiger partial charge in [-0.05, 0) is 73.2 Å². The standard InChI is InChI=1S/C16H23ClFN/c1-15(2)5-7-16(11-19,8-6-15)10-12-9-13(18)3-4-14(12)17/h3-4,9H,5-8,10-11,19H2,1-2H3. The number of halogens is 2. The zero-order valence-corrected chi connectivity index (χ0v) is 12.6. The van der Waals surface area contributed by atoms with Gasteiger partial charge in [0.05, 0.1) is 0 Å². The van der Waals surface area contributed by atoms with Gasteiger partial charge in [0.15, 0.2) is 0 Å². The van der Waals surface area contributed by atoms with Crippen LogP contribution in [0.2, 0.25) is 5.02 Å². The Morgan fingerprint density at radius 1 is 1.21 bits per heavy atom. The monoisotopic (exact) mass is 283 g/mol. The minimum Gasteiger partial charge on any atom is -0.330 e. The third-order valence-corrected chi connectivity index (χ3v) is 5.04. The maximum Gasteiger partial charge on any atom is 0.123 e.